The van der Waals surface area contributed by atoms with Crippen LogP contribution in [-0.2, 0) is 9.84 Å². The summed E-state index contributed by atoms with van der Waals surface area (Å²) in [6.45, 7) is 6.74. The maximum atomic E-state index is 11.4. The lowest BCUT2D eigenvalue weighted by atomic mass is 10.0. The summed E-state index contributed by atoms with van der Waals surface area (Å²) >= 11 is 0. The van der Waals surface area contributed by atoms with Gasteiger partial charge in [-0.1, -0.05) is 13.8 Å². The number of nitrogens with zero attached hydrogens (tertiary/aromatic N) is 1. The van der Waals surface area contributed by atoms with Crippen molar-refractivity contribution in [2.24, 2.45) is 11.7 Å². The molecule has 0 aliphatic carbocycles. The lowest BCUT2D eigenvalue weighted by Gasteiger charge is -2.22. The Morgan fingerprint density at radius 3 is 2.56 bits per heavy atom. The SMILES string of the molecule is CC(C)C(N)CCN1CCCS(=O)(=O)CC1. The number of rotatable bonds is 4. The fourth-order valence-corrected chi connectivity index (χ4v) is 3.19. The molecule has 1 fully saturated rings. The first-order valence-corrected chi connectivity index (χ1v) is 7.91. The number of hydrogen-bond donors (Lipinski definition) is 1. The van der Waals surface area contributed by atoms with Gasteiger partial charge in [-0.15, -0.1) is 0 Å². The van der Waals surface area contributed by atoms with Crippen molar-refractivity contribution in [3.8, 4) is 0 Å². The summed E-state index contributed by atoms with van der Waals surface area (Å²) in [5.74, 6) is 1.15. The highest BCUT2D eigenvalue weighted by molar-refractivity contribution is 7.91. The summed E-state index contributed by atoms with van der Waals surface area (Å²) in [4.78, 5) is 2.23. The van der Waals surface area contributed by atoms with Crippen LogP contribution in [0.25, 0.3) is 0 Å². The highest BCUT2D eigenvalue weighted by atomic mass is 32.2. The minimum Gasteiger partial charge on any atom is -0.327 e. The molecular weight excluding hydrogens is 224 g/mol. The Morgan fingerprint density at radius 1 is 1.25 bits per heavy atom. The van der Waals surface area contributed by atoms with Crippen molar-refractivity contribution in [1.29, 1.82) is 0 Å². The van der Waals surface area contributed by atoms with E-state index in [9.17, 15) is 8.42 Å². The van der Waals surface area contributed by atoms with Gasteiger partial charge in [-0.2, -0.15) is 0 Å². The predicted molar refractivity (Wildman–Crippen MR) is 67.1 cm³/mol. The van der Waals surface area contributed by atoms with E-state index in [1.807, 2.05) is 0 Å². The molecule has 1 rings (SSSR count). The second kappa shape index (κ2) is 5.98. The van der Waals surface area contributed by atoms with Crippen LogP contribution in [-0.4, -0.2) is 50.5 Å². The topological polar surface area (TPSA) is 63.4 Å². The predicted octanol–water partition coefficient (Wildman–Crippen LogP) is 0.480. The van der Waals surface area contributed by atoms with Crippen molar-refractivity contribution in [2.75, 3.05) is 31.1 Å². The molecular formula is C11H24N2O2S. The highest BCUT2D eigenvalue weighted by Crippen LogP contribution is 2.08. The fraction of sp³-hybridized carbons (Fsp3) is 1.00. The summed E-state index contributed by atoms with van der Waals surface area (Å²) in [7, 11) is -2.78. The van der Waals surface area contributed by atoms with Crippen LogP contribution in [0.4, 0.5) is 0 Å². The first-order valence-electron chi connectivity index (χ1n) is 6.09. The molecule has 0 bridgehead atoms. The third-order valence-corrected chi connectivity index (χ3v) is 5.00. The van der Waals surface area contributed by atoms with Crippen LogP contribution in [0.2, 0.25) is 0 Å². The van der Waals surface area contributed by atoms with Crippen LogP contribution >= 0.6 is 0 Å². The normalized spacial score (nSPS) is 24.2. The van der Waals surface area contributed by atoms with E-state index < -0.39 is 9.84 Å². The smallest absolute Gasteiger partial charge is 0.151 e. The molecule has 0 amide bonds. The highest BCUT2D eigenvalue weighted by Gasteiger charge is 2.19. The lowest BCUT2D eigenvalue weighted by Crippen LogP contribution is -2.34. The molecule has 0 spiro atoms. The molecule has 1 aliphatic rings. The molecule has 0 aromatic carbocycles. The average molecular weight is 248 g/mol. The van der Waals surface area contributed by atoms with Gasteiger partial charge in [-0.25, -0.2) is 8.42 Å². The van der Waals surface area contributed by atoms with Crippen molar-refractivity contribution in [1.82, 2.24) is 4.90 Å². The van der Waals surface area contributed by atoms with Crippen LogP contribution in [0.1, 0.15) is 26.7 Å². The van der Waals surface area contributed by atoms with Crippen LogP contribution < -0.4 is 5.73 Å². The number of nitrogens with two attached hydrogens (primary N) is 1. The molecule has 1 heterocycles. The van der Waals surface area contributed by atoms with Gasteiger partial charge in [0, 0.05) is 12.6 Å². The third-order valence-electron chi connectivity index (χ3n) is 3.28. The molecule has 5 heteroatoms. The standard InChI is InChI=1S/C11H24N2O2S/c1-10(2)11(12)4-6-13-5-3-8-16(14,15)9-7-13/h10-11H,3-9,12H2,1-2H3. The Hall–Kier alpha value is -0.130. The molecule has 0 aromatic heterocycles. The van der Waals surface area contributed by atoms with E-state index in [-0.39, 0.29) is 6.04 Å². The van der Waals surface area contributed by atoms with E-state index in [2.05, 4.69) is 18.7 Å². The van der Waals surface area contributed by atoms with Crippen LogP contribution in [0.5, 0.6) is 0 Å². The number of hydrogen-bond acceptors (Lipinski definition) is 4. The van der Waals surface area contributed by atoms with E-state index in [1.54, 1.807) is 0 Å². The molecule has 1 unspecified atom stereocenters. The van der Waals surface area contributed by atoms with Gasteiger partial charge < -0.3 is 10.6 Å². The number of sulfone groups is 1. The molecule has 2 N–H and O–H groups in total. The Bertz CT molecular complexity index is 301. The van der Waals surface area contributed by atoms with E-state index in [0.29, 0.717) is 24.0 Å². The van der Waals surface area contributed by atoms with Gasteiger partial charge in [0.1, 0.15) is 0 Å². The van der Waals surface area contributed by atoms with Crippen molar-refractivity contribution >= 4 is 9.84 Å². The van der Waals surface area contributed by atoms with Crippen LogP contribution in [0.15, 0.2) is 0 Å². The van der Waals surface area contributed by atoms with E-state index in [4.69, 9.17) is 5.73 Å². The van der Waals surface area contributed by atoms with Gasteiger partial charge in [0.15, 0.2) is 9.84 Å². The summed E-state index contributed by atoms with van der Waals surface area (Å²) in [6.07, 6.45) is 1.72. The zero-order chi connectivity index (χ0) is 12.2. The van der Waals surface area contributed by atoms with Crippen molar-refractivity contribution in [2.45, 2.75) is 32.7 Å². The first kappa shape index (κ1) is 13.9. The lowest BCUT2D eigenvalue weighted by molar-refractivity contribution is 0.272. The minimum absolute atomic E-state index is 0.222. The molecule has 1 aliphatic heterocycles. The van der Waals surface area contributed by atoms with Crippen molar-refractivity contribution in [3.63, 3.8) is 0 Å². The second-order valence-corrected chi connectivity index (χ2v) is 7.35. The van der Waals surface area contributed by atoms with E-state index >= 15 is 0 Å². The Balaban J connectivity index is 2.33. The van der Waals surface area contributed by atoms with Gasteiger partial charge >= 0.3 is 0 Å². The summed E-state index contributed by atoms with van der Waals surface area (Å²) in [6, 6.07) is 0.222. The van der Waals surface area contributed by atoms with Gasteiger partial charge in [0.2, 0.25) is 0 Å². The van der Waals surface area contributed by atoms with Crippen LogP contribution in [0, 0.1) is 5.92 Å². The Morgan fingerprint density at radius 2 is 1.94 bits per heavy atom. The van der Waals surface area contributed by atoms with Crippen molar-refractivity contribution in [3.05, 3.63) is 0 Å². The fourth-order valence-electron chi connectivity index (χ4n) is 1.88. The molecule has 1 atom stereocenters. The average Bonchev–Trinajstić information content (AvgIpc) is 2.36. The molecule has 16 heavy (non-hydrogen) atoms. The second-order valence-electron chi connectivity index (χ2n) is 5.04. The largest absolute Gasteiger partial charge is 0.327 e. The summed E-state index contributed by atoms with van der Waals surface area (Å²) < 4.78 is 22.8. The zero-order valence-corrected chi connectivity index (χ0v) is 11.2. The van der Waals surface area contributed by atoms with Gasteiger partial charge in [0.05, 0.1) is 11.5 Å². The van der Waals surface area contributed by atoms with Gasteiger partial charge in [0.25, 0.3) is 0 Å². The summed E-state index contributed by atoms with van der Waals surface area (Å²) in [5, 5.41) is 0. The molecule has 0 radical (unpaired) electrons. The van der Waals surface area contributed by atoms with Gasteiger partial charge in [-0.3, -0.25) is 0 Å². The third kappa shape index (κ3) is 4.80. The molecule has 4 nitrogen and oxygen atoms in total. The molecule has 0 saturated carbocycles. The zero-order valence-electron chi connectivity index (χ0n) is 10.4. The van der Waals surface area contributed by atoms with E-state index in [1.165, 1.54) is 0 Å². The van der Waals surface area contributed by atoms with Crippen molar-refractivity contribution < 1.29 is 8.42 Å². The Labute approximate surface area is 99.1 Å². The van der Waals surface area contributed by atoms with Crippen LogP contribution in [0.3, 0.4) is 0 Å². The maximum absolute atomic E-state index is 11.4. The molecule has 96 valence electrons. The quantitative estimate of drug-likeness (QED) is 0.786. The maximum Gasteiger partial charge on any atom is 0.151 e. The van der Waals surface area contributed by atoms with E-state index in [0.717, 1.165) is 25.9 Å². The van der Waals surface area contributed by atoms with Gasteiger partial charge in [-0.05, 0) is 31.8 Å². The Kier molecular flexibility index (Phi) is 5.21. The molecule has 0 aromatic rings. The minimum atomic E-state index is -2.78. The summed E-state index contributed by atoms with van der Waals surface area (Å²) in [5.41, 5.74) is 5.98. The first-order chi connectivity index (χ1) is 7.41. The monoisotopic (exact) mass is 248 g/mol. The molecule has 1 saturated heterocycles.